The van der Waals surface area contributed by atoms with Gasteiger partial charge in [0.25, 0.3) is 0 Å². The second-order valence-corrected chi connectivity index (χ2v) is 1.15. The first-order chi connectivity index (χ1) is 1.91. The summed E-state index contributed by atoms with van der Waals surface area (Å²) in [7, 11) is 0. The van der Waals surface area contributed by atoms with Crippen molar-refractivity contribution < 1.29 is 3.79 Å². The molecular weight excluding hydrogens is 73.9 g/mol. The predicted molar refractivity (Wildman–Crippen MR) is 25.9 cm³/mol. The first kappa shape index (κ1) is 9.43. The maximum Gasteiger partial charge on any atom is 0.410 e. The van der Waals surface area contributed by atoms with E-state index >= 15 is 0 Å². The molecule has 0 N–H and O–H groups in total. The van der Waals surface area contributed by atoms with Crippen molar-refractivity contribution in [1.82, 2.24) is 0 Å². The van der Waals surface area contributed by atoms with Crippen LogP contribution in [-0.2, 0) is 3.79 Å². The molecule has 0 atom stereocenters. The molecule has 0 spiro atoms. The Kier molecular flexibility index (Phi) is 16.8. The smallest absolute Gasteiger partial charge is 0.410 e. The van der Waals surface area contributed by atoms with Crippen molar-refractivity contribution in [1.29, 1.82) is 0 Å². The Balaban J connectivity index is 0. The van der Waals surface area contributed by atoms with E-state index in [0.717, 1.165) is 23.2 Å². The molecule has 0 aliphatic carbocycles. The van der Waals surface area contributed by atoms with Crippen molar-refractivity contribution in [3.63, 3.8) is 0 Å². The van der Waals surface area contributed by atoms with Crippen molar-refractivity contribution in [3.8, 4) is 0 Å². The van der Waals surface area contributed by atoms with Crippen LogP contribution in [-0.4, -0.2) is 42.1 Å². The fourth-order valence-electron chi connectivity index (χ4n) is 0. The zero-order valence-corrected chi connectivity index (χ0v) is 6.12. The van der Waals surface area contributed by atoms with Gasteiger partial charge in [0.1, 0.15) is 0 Å². The third kappa shape index (κ3) is 11.1. The van der Waals surface area contributed by atoms with E-state index < -0.39 is 0 Å². The van der Waals surface area contributed by atoms with E-state index in [1.807, 2.05) is 6.92 Å². The van der Waals surface area contributed by atoms with E-state index in [2.05, 4.69) is 3.79 Å². The van der Waals surface area contributed by atoms with Gasteiger partial charge in [-0.1, -0.05) is 0 Å². The van der Waals surface area contributed by atoms with Crippen LogP contribution in [0.15, 0.2) is 0 Å². The summed E-state index contributed by atoms with van der Waals surface area (Å²) < 4.78 is 4.68. The van der Waals surface area contributed by atoms with Gasteiger partial charge in [0.05, 0.1) is 0 Å². The van der Waals surface area contributed by atoms with Gasteiger partial charge in [-0.2, -0.15) is 0 Å². The van der Waals surface area contributed by atoms with E-state index in [9.17, 15) is 0 Å². The molecule has 1 nitrogen and oxygen atoms in total. The molecule has 0 heterocycles. The Morgan fingerprint density at radius 1 is 1.80 bits per heavy atom. The van der Waals surface area contributed by atoms with Gasteiger partial charge in [-0.15, -0.1) is 0 Å². The van der Waals surface area contributed by atoms with Crippen molar-refractivity contribution in [3.05, 3.63) is 0 Å². The fraction of sp³-hybridized carbons (Fsp3) is 1.00. The molecule has 0 amide bonds. The maximum absolute atomic E-state index is 4.68. The third-order valence-corrected chi connectivity index (χ3v) is 0.866. The molecule has 0 bridgehead atoms. The van der Waals surface area contributed by atoms with Gasteiger partial charge in [-0.25, -0.2) is 0 Å². The molecule has 0 rings (SSSR count). The molecular formula is C2H7AlLiO. The molecule has 0 saturated heterocycles. The average molecular weight is 81.0 g/mol. The second-order valence-electron chi connectivity index (χ2n) is 0.577. The Labute approximate surface area is 53.0 Å². The van der Waals surface area contributed by atoms with Crippen LogP contribution >= 0.6 is 0 Å². The minimum atomic E-state index is 0. The van der Waals surface area contributed by atoms with Gasteiger partial charge in [-0.3, -0.25) is 0 Å². The third-order valence-electron chi connectivity index (χ3n) is 0.289. The molecule has 0 aromatic carbocycles. The zero-order valence-electron chi connectivity index (χ0n) is 4.12. The summed E-state index contributed by atoms with van der Waals surface area (Å²) in [5, 5.41) is 0. The van der Waals surface area contributed by atoms with Crippen molar-refractivity contribution in [2.45, 2.75) is 6.92 Å². The van der Waals surface area contributed by atoms with E-state index in [1.54, 1.807) is 0 Å². The van der Waals surface area contributed by atoms with Gasteiger partial charge in [0.2, 0.25) is 0 Å². The van der Waals surface area contributed by atoms with Crippen LogP contribution in [0, 0.1) is 0 Å². The van der Waals surface area contributed by atoms with E-state index in [1.165, 1.54) is 0 Å². The van der Waals surface area contributed by atoms with Crippen LogP contribution < -0.4 is 0 Å². The van der Waals surface area contributed by atoms with Crippen LogP contribution in [0.5, 0.6) is 0 Å². The summed E-state index contributed by atoms with van der Waals surface area (Å²) >= 11 is 0.890. The Morgan fingerprint density at radius 2 is 2.00 bits per heavy atom. The van der Waals surface area contributed by atoms with Gasteiger partial charge in [0.15, 0.2) is 0 Å². The number of hydrogen-bond acceptors (Lipinski definition) is 1. The van der Waals surface area contributed by atoms with Crippen LogP contribution in [0.2, 0.25) is 0 Å². The predicted octanol–water partition coefficient (Wildman–Crippen LogP) is -0.810. The summed E-state index contributed by atoms with van der Waals surface area (Å²) in [6, 6.07) is 0. The summed E-state index contributed by atoms with van der Waals surface area (Å²) in [6.45, 7) is 2.87. The molecule has 25 valence electrons. The SMILES string of the molecule is CC[O][AlH2].[Li]. The molecule has 5 heavy (non-hydrogen) atoms. The summed E-state index contributed by atoms with van der Waals surface area (Å²) in [6.07, 6.45) is 0. The summed E-state index contributed by atoms with van der Waals surface area (Å²) in [5.41, 5.74) is 0. The quantitative estimate of drug-likeness (QED) is 0.375. The maximum atomic E-state index is 4.68. The summed E-state index contributed by atoms with van der Waals surface area (Å²) in [4.78, 5) is 0. The normalized spacial score (nSPS) is 5.80. The molecule has 0 aliphatic rings. The van der Waals surface area contributed by atoms with E-state index in [-0.39, 0.29) is 18.9 Å². The largest absolute Gasteiger partial charge is 0.506 e. The van der Waals surface area contributed by atoms with Crippen molar-refractivity contribution in [2.24, 2.45) is 0 Å². The van der Waals surface area contributed by atoms with E-state index in [0.29, 0.717) is 0 Å². The van der Waals surface area contributed by atoms with Crippen LogP contribution in [0.4, 0.5) is 0 Å². The Morgan fingerprint density at radius 3 is 2.00 bits per heavy atom. The van der Waals surface area contributed by atoms with Crippen LogP contribution in [0.1, 0.15) is 6.92 Å². The fourth-order valence-corrected chi connectivity index (χ4v) is 0. The molecule has 0 fully saturated rings. The molecule has 0 aromatic heterocycles. The van der Waals surface area contributed by atoms with Gasteiger partial charge in [0, 0.05) is 25.5 Å². The molecule has 3 heteroatoms. The summed E-state index contributed by atoms with van der Waals surface area (Å²) in [5.74, 6) is 0. The second kappa shape index (κ2) is 8.92. The molecule has 0 saturated carbocycles. The van der Waals surface area contributed by atoms with Gasteiger partial charge in [-0.05, 0) is 6.92 Å². The molecule has 0 unspecified atom stereocenters. The zero-order chi connectivity index (χ0) is 3.41. The standard InChI is InChI=1S/C2H5O.Al.Li.2H/c1-2-3;;;;/h2H2,1H3;;;;/q-1;+1;;;. The first-order valence-corrected chi connectivity index (χ1v) is 2.22. The Bertz CT molecular complexity index is 11.6. The van der Waals surface area contributed by atoms with Crippen LogP contribution in [0.25, 0.3) is 0 Å². The minimum Gasteiger partial charge on any atom is -0.506 e. The van der Waals surface area contributed by atoms with Gasteiger partial charge < -0.3 is 3.79 Å². The van der Waals surface area contributed by atoms with Crippen molar-refractivity contribution in [2.75, 3.05) is 6.61 Å². The monoisotopic (exact) mass is 81.0 g/mol. The average Bonchev–Trinajstić information content (AvgIpc) is 1.37. The number of rotatable bonds is 1. The molecule has 0 aliphatic heterocycles. The topological polar surface area (TPSA) is 9.23 Å². The molecule has 0 aromatic rings. The first-order valence-electron chi connectivity index (χ1n) is 1.40. The minimum absolute atomic E-state index is 0. The van der Waals surface area contributed by atoms with Crippen molar-refractivity contribution >= 4 is 35.5 Å². The van der Waals surface area contributed by atoms with E-state index in [4.69, 9.17) is 0 Å². The van der Waals surface area contributed by atoms with Gasteiger partial charge >= 0.3 is 16.6 Å². The molecule has 1 radical (unpaired) electrons. The number of hydrogen-bond donors (Lipinski definition) is 0. The van der Waals surface area contributed by atoms with Crippen LogP contribution in [0.3, 0.4) is 0 Å². The Hall–Kier alpha value is 1.09.